The molecule has 1 aromatic heterocycles. The lowest BCUT2D eigenvalue weighted by atomic mass is 9.99. The van der Waals surface area contributed by atoms with Crippen molar-refractivity contribution in [3.63, 3.8) is 0 Å². The molecule has 4 aliphatic rings. The molecular formula is C43H52N8O7. The number of carbonyl (C=O) groups is 6. The Balaban J connectivity index is 0.731. The number of likely N-dealkylation sites (tertiary alicyclic amines) is 1. The molecule has 0 saturated carbocycles. The van der Waals surface area contributed by atoms with E-state index in [9.17, 15) is 33.9 Å². The van der Waals surface area contributed by atoms with Gasteiger partial charge in [0.15, 0.2) is 5.78 Å². The Hall–Kier alpha value is -5.38. The Labute approximate surface area is 338 Å². The standard InChI is InChI=1S/C43H52N8O7/c52-31(10-2-1-5-19-44-34-13-6-12-33-40(34)43(58)51(42(33)57)36-15-17-39(55)48-41(36)56)11-7-20-49-24-30(25-49)47-38-22-35(45-27-46-38)37(54)16-14-32(53)26-50-21-18-28-8-3-4-9-29(28)23-50/h3-4,6,8-9,12-13,22,27,30,32,36,44,53H,1-2,5,7,10-11,14-21,23-26H2,(H,45,46,47)(H,48,55,56)/t32-,36?/m0/s1. The van der Waals surface area contributed by atoms with Gasteiger partial charge in [-0.3, -0.25) is 48.8 Å². The van der Waals surface area contributed by atoms with E-state index in [-0.39, 0.29) is 48.0 Å². The van der Waals surface area contributed by atoms with E-state index in [4.69, 9.17) is 0 Å². The minimum atomic E-state index is -1.01. The van der Waals surface area contributed by atoms with Crippen molar-refractivity contribution >= 4 is 46.7 Å². The van der Waals surface area contributed by atoms with Gasteiger partial charge in [-0.15, -0.1) is 0 Å². The Bertz CT molecular complexity index is 2030. The van der Waals surface area contributed by atoms with Crippen molar-refractivity contribution in [3.8, 4) is 0 Å². The number of β-amino-alcohol motifs (C(OH)–C–C–N with tert-alkyl or cyclic N) is 1. The van der Waals surface area contributed by atoms with Gasteiger partial charge in [-0.2, -0.15) is 0 Å². The zero-order valence-corrected chi connectivity index (χ0v) is 32.8. The summed E-state index contributed by atoms with van der Waals surface area (Å²) in [6, 6.07) is 14.3. The van der Waals surface area contributed by atoms with E-state index in [1.54, 1.807) is 24.3 Å². The van der Waals surface area contributed by atoms with E-state index < -0.39 is 35.8 Å². The van der Waals surface area contributed by atoms with Gasteiger partial charge in [-0.1, -0.05) is 36.8 Å². The number of aliphatic hydroxyl groups excluding tert-OH is 1. The van der Waals surface area contributed by atoms with E-state index in [1.165, 1.54) is 17.5 Å². The van der Waals surface area contributed by atoms with Crippen LogP contribution in [-0.4, -0.2) is 122 Å². The smallest absolute Gasteiger partial charge is 0.264 e. The predicted molar refractivity (Wildman–Crippen MR) is 215 cm³/mol. The van der Waals surface area contributed by atoms with Crippen LogP contribution in [0.1, 0.15) is 107 Å². The summed E-state index contributed by atoms with van der Waals surface area (Å²) in [6.45, 7) is 5.28. The van der Waals surface area contributed by atoms with Crippen LogP contribution < -0.4 is 16.0 Å². The quantitative estimate of drug-likeness (QED) is 0.0740. The van der Waals surface area contributed by atoms with E-state index in [0.717, 1.165) is 69.7 Å². The first-order chi connectivity index (χ1) is 28.1. The number of hydrogen-bond donors (Lipinski definition) is 4. The highest BCUT2D eigenvalue weighted by molar-refractivity contribution is 6.25. The summed E-state index contributed by atoms with van der Waals surface area (Å²) in [5, 5.41) is 19.5. The molecule has 0 aliphatic carbocycles. The highest BCUT2D eigenvalue weighted by Gasteiger charge is 2.45. The number of ketones is 2. The van der Waals surface area contributed by atoms with Crippen molar-refractivity contribution in [1.29, 1.82) is 0 Å². The second-order valence-electron chi connectivity index (χ2n) is 15.8. The zero-order chi connectivity index (χ0) is 40.6. The number of amides is 4. The third-order valence-corrected chi connectivity index (χ3v) is 11.5. The maximum absolute atomic E-state index is 13.3. The first-order valence-electron chi connectivity index (χ1n) is 20.5. The maximum Gasteiger partial charge on any atom is 0.264 e. The third kappa shape index (κ3) is 10.0. The third-order valence-electron chi connectivity index (χ3n) is 11.5. The summed E-state index contributed by atoms with van der Waals surface area (Å²) in [7, 11) is 0. The molecular weight excluding hydrogens is 741 g/mol. The van der Waals surface area contributed by atoms with Crippen LogP contribution in [0.4, 0.5) is 11.5 Å². The molecule has 2 aromatic carbocycles. The van der Waals surface area contributed by atoms with E-state index >= 15 is 0 Å². The minimum absolute atomic E-state index is 0.0674. The Kier molecular flexibility index (Phi) is 13.3. The van der Waals surface area contributed by atoms with Crippen LogP contribution in [0.3, 0.4) is 0 Å². The van der Waals surface area contributed by atoms with Crippen molar-refractivity contribution in [3.05, 3.63) is 82.8 Å². The number of aromatic nitrogens is 2. The summed E-state index contributed by atoms with van der Waals surface area (Å²) < 4.78 is 0. The number of nitrogens with one attached hydrogen (secondary N) is 3. The normalized spacial score (nSPS) is 19.0. The summed E-state index contributed by atoms with van der Waals surface area (Å²) in [5.74, 6) is -1.39. The molecule has 5 heterocycles. The highest BCUT2D eigenvalue weighted by atomic mass is 16.3. The number of anilines is 2. The van der Waals surface area contributed by atoms with Crippen LogP contribution in [0.15, 0.2) is 54.9 Å². The van der Waals surface area contributed by atoms with Crippen LogP contribution in [0.25, 0.3) is 0 Å². The molecule has 2 saturated heterocycles. The number of benzene rings is 2. The number of rotatable bonds is 20. The molecule has 4 N–H and O–H groups in total. The number of Topliss-reactive ketones (excluding diaryl/α,β-unsaturated/α-hetero) is 2. The van der Waals surface area contributed by atoms with Crippen molar-refractivity contribution in [2.75, 3.05) is 49.9 Å². The van der Waals surface area contributed by atoms with E-state index in [2.05, 4.69) is 53.9 Å². The lowest BCUT2D eigenvalue weighted by molar-refractivity contribution is -0.136. The number of unbranched alkanes of at least 4 members (excludes halogenated alkanes) is 2. The average Bonchev–Trinajstić information content (AvgIpc) is 3.46. The average molecular weight is 793 g/mol. The van der Waals surface area contributed by atoms with Gasteiger partial charge < -0.3 is 15.7 Å². The molecule has 7 rings (SSSR count). The highest BCUT2D eigenvalue weighted by Crippen LogP contribution is 2.32. The minimum Gasteiger partial charge on any atom is -0.392 e. The molecule has 1 unspecified atom stereocenters. The molecule has 58 heavy (non-hydrogen) atoms. The lowest BCUT2D eigenvalue weighted by Gasteiger charge is -2.39. The van der Waals surface area contributed by atoms with Crippen molar-refractivity contribution in [2.45, 2.75) is 95.4 Å². The van der Waals surface area contributed by atoms with Crippen molar-refractivity contribution in [1.82, 2.24) is 30.0 Å². The van der Waals surface area contributed by atoms with Crippen LogP contribution in [-0.2, 0) is 27.3 Å². The van der Waals surface area contributed by atoms with Gasteiger partial charge in [-0.25, -0.2) is 9.97 Å². The summed E-state index contributed by atoms with van der Waals surface area (Å²) in [5.41, 5.74) is 4.02. The van der Waals surface area contributed by atoms with Gasteiger partial charge in [0.25, 0.3) is 11.8 Å². The summed E-state index contributed by atoms with van der Waals surface area (Å²) >= 11 is 0. The monoisotopic (exact) mass is 792 g/mol. The van der Waals surface area contributed by atoms with Crippen molar-refractivity contribution in [2.24, 2.45) is 0 Å². The van der Waals surface area contributed by atoms with Gasteiger partial charge in [0, 0.05) is 76.7 Å². The predicted octanol–water partition coefficient (Wildman–Crippen LogP) is 3.38. The number of imide groups is 2. The number of piperidine rings is 1. The molecule has 0 spiro atoms. The molecule has 2 fully saturated rings. The fourth-order valence-corrected chi connectivity index (χ4v) is 8.30. The zero-order valence-electron chi connectivity index (χ0n) is 32.8. The number of carbonyl (C=O) groups excluding carboxylic acids is 6. The number of nitrogens with zero attached hydrogens (tertiary/aromatic N) is 5. The summed E-state index contributed by atoms with van der Waals surface area (Å²) in [4.78, 5) is 89.7. The van der Waals surface area contributed by atoms with Crippen LogP contribution >= 0.6 is 0 Å². The SMILES string of the molecule is O=C(CCCCCNc1cccc2c1C(=O)N(C1CCC(=O)NC1=O)C2=O)CCCN1CC(Nc2cc(C(=O)CC[C@H](O)CN3CCc4ccccc4C3)ncn2)C1. The number of aliphatic hydroxyl groups is 1. The molecule has 15 nitrogen and oxygen atoms in total. The van der Waals surface area contributed by atoms with E-state index in [1.807, 2.05) is 6.07 Å². The van der Waals surface area contributed by atoms with Crippen LogP contribution in [0, 0.1) is 0 Å². The molecule has 15 heteroatoms. The van der Waals surface area contributed by atoms with Gasteiger partial charge >= 0.3 is 0 Å². The van der Waals surface area contributed by atoms with Crippen molar-refractivity contribution < 1.29 is 33.9 Å². The molecule has 306 valence electrons. The molecule has 4 amide bonds. The van der Waals surface area contributed by atoms with Gasteiger partial charge in [-0.05, 0) is 68.3 Å². The Morgan fingerprint density at radius 3 is 2.52 bits per heavy atom. The molecule has 2 atom stereocenters. The largest absolute Gasteiger partial charge is 0.392 e. The molecule has 3 aromatic rings. The first kappa shape index (κ1) is 40.8. The van der Waals surface area contributed by atoms with Crippen LogP contribution in [0.5, 0.6) is 0 Å². The van der Waals surface area contributed by atoms with Gasteiger partial charge in [0.1, 0.15) is 29.7 Å². The molecule has 4 aliphatic heterocycles. The van der Waals surface area contributed by atoms with Crippen LogP contribution in [0.2, 0.25) is 0 Å². The molecule has 0 bridgehead atoms. The van der Waals surface area contributed by atoms with Gasteiger partial charge in [0.2, 0.25) is 11.8 Å². The summed E-state index contributed by atoms with van der Waals surface area (Å²) in [6.07, 6.45) is 6.75. The van der Waals surface area contributed by atoms with Gasteiger partial charge in [0.05, 0.1) is 23.3 Å². The lowest BCUT2D eigenvalue weighted by Crippen LogP contribution is -2.54. The topological polar surface area (TPSA) is 194 Å². The number of hydrogen-bond acceptors (Lipinski definition) is 13. The Morgan fingerprint density at radius 2 is 1.69 bits per heavy atom. The second-order valence-corrected chi connectivity index (χ2v) is 15.8. The maximum atomic E-state index is 13.3. The first-order valence-corrected chi connectivity index (χ1v) is 20.5. The Morgan fingerprint density at radius 1 is 0.879 bits per heavy atom. The second kappa shape index (κ2) is 18.9. The number of fused-ring (bicyclic) bond motifs is 2. The fraction of sp³-hybridized carbons (Fsp3) is 0.488. The molecule has 0 radical (unpaired) electrons. The van der Waals surface area contributed by atoms with E-state index in [0.29, 0.717) is 49.6 Å². The fourth-order valence-electron chi connectivity index (χ4n) is 8.30.